The lowest BCUT2D eigenvalue weighted by molar-refractivity contribution is 0.0951. The Morgan fingerprint density at radius 3 is 2.49 bits per heavy atom. The Hall–Kier alpha value is -3.95. The molecule has 1 amide bonds. The number of rotatable bonds is 10. The van der Waals surface area contributed by atoms with Gasteiger partial charge in [0.05, 0.1) is 12.6 Å². The van der Waals surface area contributed by atoms with Crippen LogP contribution in [0.15, 0.2) is 72.8 Å². The van der Waals surface area contributed by atoms with Crippen molar-refractivity contribution in [3.63, 3.8) is 0 Å². The van der Waals surface area contributed by atoms with Crippen LogP contribution < -0.4 is 20.3 Å². The van der Waals surface area contributed by atoms with Gasteiger partial charge >= 0.3 is 0 Å². The van der Waals surface area contributed by atoms with Crippen molar-refractivity contribution in [2.45, 2.75) is 13.0 Å². The van der Waals surface area contributed by atoms with Gasteiger partial charge in [-0.05, 0) is 79.3 Å². The molecule has 1 aliphatic heterocycles. The number of piperazine rings is 1. The van der Waals surface area contributed by atoms with Crippen molar-refractivity contribution in [1.82, 2.24) is 20.2 Å². The number of H-pyrrole nitrogens is 1. The van der Waals surface area contributed by atoms with Gasteiger partial charge < -0.3 is 25.3 Å². The van der Waals surface area contributed by atoms with Gasteiger partial charge in [-0.15, -0.1) is 0 Å². The second-order valence-corrected chi connectivity index (χ2v) is 10.0. The summed E-state index contributed by atoms with van der Waals surface area (Å²) in [4.78, 5) is 25.1. The fraction of sp³-hybridized carbons (Fsp3) is 0.300. The lowest BCUT2D eigenvalue weighted by Crippen LogP contribution is -2.47. The Bertz CT molecular complexity index is 1450. The average molecular weight is 543 g/mol. The predicted octanol–water partition coefficient (Wildman–Crippen LogP) is 4.86. The first-order valence-corrected chi connectivity index (χ1v) is 13.7. The number of aromatic nitrogens is 2. The molecule has 0 unspecified atom stereocenters. The summed E-state index contributed by atoms with van der Waals surface area (Å²) in [7, 11) is 1.69. The third-order valence-corrected chi connectivity index (χ3v) is 7.25. The molecule has 1 fully saturated rings. The van der Waals surface area contributed by atoms with Crippen LogP contribution in [0.5, 0.6) is 5.75 Å². The SMILES string of the molecule is COc1ccc(N2CCN(CCCNC(=O)c3ccc(CNc4nc(=S)[nH]c5ccccc45)cc3)CC2)cc1. The molecule has 202 valence electrons. The molecule has 0 spiro atoms. The number of benzene rings is 3. The van der Waals surface area contributed by atoms with Gasteiger partial charge in [-0.3, -0.25) is 9.69 Å². The molecular formula is C30H34N6O2S. The van der Waals surface area contributed by atoms with E-state index in [0.29, 0.717) is 23.4 Å². The molecule has 4 aromatic rings. The lowest BCUT2D eigenvalue weighted by Gasteiger charge is -2.36. The maximum atomic E-state index is 12.6. The largest absolute Gasteiger partial charge is 0.497 e. The molecule has 0 aliphatic carbocycles. The highest BCUT2D eigenvalue weighted by atomic mass is 32.1. The average Bonchev–Trinajstić information content (AvgIpc) is 2.98. The van der Waals surface area contributed by atoms with Crippen LogP contribution in [-0.4, -0.2) is 67.2 Å². The summed E-state index contributed by atoms with van der Waals surface area (Å²) < 4.78 is 5.70. The molecule has 3 aromatic carbocycles. The highest BCUT2D eigenvalue weighted by Gasteiger charge is 2.17. The molecule has 3 N–H and O–H groups in total. The van der Waals surface area contributed by atoms with E-state index in [0.717, 1.165) is 67.2 Å². The predicted molar refractivity (Wildman–Crippen MR) is 159 cm³/mol. The van der Waals surface area contributed by atoms with Gasteiger partial charge in [-0.25, -0.2) is 4.98 Å². The third kappa shape index (κ3) is 6.93. The van der Waals surface area contributed by atoms with E-state index < -0.39 is 0 Å². The maximum absolute atomic E-state index is 12.6. The molecular weight excluding hydrogens is 508 g/mol. The van der Waals surface area contributed by atoms with Crippen molar-refractivity contribution < 1.29 is 9.53 Å². The van der Waals surface area contributed by atoms with E-state index in [1.165, 1.54) is 5.69 Å². The molecule has 1 aliphatic rings. The summed E-state index contributed by atoms with van der Waals surface area (Å²) in [6, 6.07) is 23.9. The van der Waals surface area contributed by atoms with E-state index >= 15 is 0 Å². The summed E-state index contributed by atoms with van der Waals surface area (Å²) in [5, 5.41) is 7.42. The minimum Gasteiger partial charge on any atom is -0.497 e. The van der Waals surface area contributed by atoms with Crippen molar-refractivity contribution in [2.75, 3.05) is 56.6 Å². The first-order valence-electron chi connectivity index (χ1n) is 13.3. The highest BCUT2D eigenvalue weighted by molar-refractivity contribution is 7.71. The maximum Gasteiger partial charge on any atom is 0.251 e. The molecule has 0 saturated carbocycles. The van der Waals surface area contributed by atoms with Gasteiger partial charge in [0.25, 0.3) is 5.91 Å². The third-order valence-electron chi connectivity index (χ3n) is 7.06. The number of nitrogens with one attached hydrogen (secondary N) is 3. The summed E-state index contributed by atoms with van der Waals surface area (Å²) in [6.07, 6.45) is 0.927. The molecule has 0 atom stereocenters. The van der Waals surface area contributed by atoms with Gasteiger partial charge in [0.15, 0.2) is 4.77 Å². The number of nitrogens with zero attached hydrogens (tertiary/aromatic N) is 3. The topological polar surface area (TPSA) is 85.5 Å². The number of hydrogen-bond acceptors (Lipinski definition) is 7. The lowest BCUT2D eigenvalue weighted by atomic mass is 10.1. The molecule has 0 bridgehead atoms. The van der Waals surface area contributed by atoms with Crippen LogP contribution in [0.3, 0.4) is 0 Å². The van der Waals surface area contributed by atoms with Gasteiger partial charge in [0.1, 0.15) is 11.6 Å². The molecule has 39 heavy (non-hydrogen) atoms. The van der Waals surface area contributed by atoms with Crippen LogP contribution in [0.1, 0.15) is 22.3 Å². The zero-order chi connectivity index (χ0) is 27.0. The second-order valence-electron chi connectivity index (χ2n) is 9.62. The summed E-state index contributed by atoms with van der Waals surface area (Å²) >= 11 is 5.26. The molecule has 5 rings (SSSR count). The number of hydrogen-bond donors (Lipinski definition) is 3. The zero-order valence-electron chi connectivity index (χ0n) is 22.2. The monoisotopic (exact) mass is 542 g/mol. The van der Waals surface area contributed by atoms with Gasteiger partial charge in [0.2, 0.25) is 0 Å². The second kappa shape index (κ2) is 12.7. The van der Waals surface area contributed by atoms with Crippen LogP contribution in [0, 0.1) is 4.77 Å². The minimum atomic E-state index is -0.0409. The smallest absolute Gasteiger partial charge is 0.251 e. The van der Waals surface area contributed by atoms with Gasteiger partial charge in [-0.2, -0.15) is 0 Å². The Morgan fingerprint density at radius 2 is 1.74 bits per heavy atom. The van der Waals surface area contributed by atoms with Crippen LogP contribution >= 0.6 is 12.2 Å². The van der Waals surface area contributed by atoms with Crippen LogP contribution in [0.25, 0.3) is 10.9 Å². The summed E-state index contributed by atoms with van der Waals surface area (Å²) in [5.74, 6) is 1.59. The number of amides is 1. The van der Waals surface area contributed by atoms with Crippen molar-refractivity contribution in [3.8, 4) is 5.75 Å². The highest BCUT2D eigenvalue weighted by Crippen LogP contribution is 2.21. The molecule has 1 saturated heterocycles. The number of para-hydroxylation sites is 1. The van der Waals surface area contributed by atoms with Crippen LogP contribution in [-0.2, 0) is 6.54 Å². The first-order chi connectivity index (χ1) is 19.1. The fourth-order valence-electron chi connectivity index (χ4n) is 4.83. The van der Waals surface area contributed by atoms with E-state index in [2.05, 4.69) is 42.5 Å². The Kier molecular flexibility index (Phi) is 8.70. The number of carbonyl (C=O) groups is 1. The number of anilines is 2. The quantitative estimate of drug-likeness (QED) is 0.195. The zero-order valence-corrected chi connectivity index (χ0v) is 23.0. The standard InChI is InChI=1S/C30H34N6O2S/c1-38-25-13-11-24(12-14-25)36-19-17-35(18-20-36)16-4-15-31-29(37)23-9-7-22(8-10-23)21-32-28-26-5-2-3-6-27(26)33-30(39)34-28/h2-3,5-14H,4,15-21H2,1H3,(H,31,37)(H2,32,33,34,39). The Labute approximate surface area is 234 Å². The van der Waals surface area contributed by atoms with Crippen molar-refractivity contribution >= 4 is 40.5 Å². The van der Waals surface area contributed by atoms with Crippen molar-refractivity contribution in [1.29, 1.82) is 0 Å². The molecule has 9 heteroatoms. The number of carbonyl (C=O) groups excluding carboxylic acids is 1. The minimum absolute atomic E-state index is 0.0409. The number of ether oxygens (including phenoxy) is 1. The summed E-state index contributed by atoms with van der Waals surface area (Å²) in [5.41, 5.74) is 3.91. The number of fused-ring (bicyclic) bond motifs is 1. The molecule has 8 nitrogen and oxygen atoms in total. The van der Waals surface area contributed by atoms with E-state index in [-0.39, 0.29) is 5.91 Å². The normalized spacial score (nSPS) is 13.8. The van der Waals surface area contributed by atoms with E-state index in [1.54, 1.807) is 7.11 Å². The molecule has 2 heterocycles. The van der Waals surface area contributed by atoms with E-state index in [4.69, 9.17) is 17.0 Å². The number of methoxy groups -OCH3 is 1. The van der Waals surface area contributed by atoms with Crippen LogP contribution in [0.4, 0.5) is 11.5 Å². The summed E-state index contributed by atoms with van der Waals surface area (Å²) in [6.45, 7) is 6.28. The van der Waals surface area contributed by atoms with E-state index in [1.807, 2.05) is 60.7 Å². The van der Waals surface area contributed by atoms with Crippen LogP contribution in [0.2, 0.25) is 0 Å². The van der Waals surface area contributed by atoms with E-state index in [9.17, 15) is 4.79 Å². The first kappa shape index (κ1) is 26.6. The Morgan fingerprint density at radius 1 is 1.00 bits per heavy atom. The van der Waals surface area contributed by atoms with Crippen molar-refractivity contribution in [3.05, 3.63) is 88.7 Å². The Balaban J connectivity index is 1.03. The molecule has 1 aromatic heterocycles. The fourth-order valence-corrected chi connectivity index (χ4v) is 5.03. The molecule has 0 radical (unpaired) electrons. The van der Waals surface area contributed by atoms with Gasteiger partial charge in [0, 0.05) is 55.9 Å². The van der Waals surface area contributed by atoms with Gasteiger partial charge in [-0.1, -0.05) is 24.3 Å². The number of aromatic amines is 1. The van der Waals surface area contributed by atoms with Crippen molar-refractivity contribution in [2.24, 2.45) is 0 Å².